The summed E-state index contributed by atoms with van der Waals surface area (Å²) in [6.45, 7) is 5.31. The first-order valence-electron chi connectivity index (χ1n) is 10.0. The number of hydrogen-bond acceptors (Lipinski definition) is 4. The van der Waals surface area contributed by atoms with E-state index < -0.39 is 23.5 Å². The Morgan fingerprint density at radius 1 is 1.16 bits per heavy atom. The second kappa shape index (κ2) is 9.29. The number of benzene rings is 2. The molecule has 3 rings (SSSR count). The molecule has 0 N–H and O–H groups in total. The van der Waals surface area contributed by atoms with Gasteiger partial charge in [-0.15, -0.1) is 0 Å². The first-order chi connectivity index (χ1) is 14.7. The monoisotopic (exact) mass is 429 g/mol. The number of allylic oxidation sites excluding steroid dienone is 1. The van der Waals surface area contributed by atoms with E-state index in [2.05, 4.69) is 0 Å². The van der Waals surface area contributed by atoms with Gasteiger partial charge in [-0.05, 0) is 50.1 Å². The fraction of sp³-hybridized carbons (Fsp3) is 0.333. The van der Waals surface area contributed by atoms with Crippen molar-refractivity contribution in [3.8, 4) is 5.75 Å². The number of nitrogens with zero attached hydrogens (tertiary/aromatic N) is 1. The average molecular weight is 429 g/mol. The highest BCUT2D eigenvalue weighted by Crippen LogP contribution is 2.39. The minimum absolute atomic E-state index is 0.0916. The molecule has 0 aromatic heterocycles. The van der Waals surface area contributed by atoms with Crippen molar-refractivity contribution >= 4 is 11.9 Å². The van der Waals surface area contributed by atoms with Crippen molar-refractivity contribution in [3.05, 3.63) is 76.5 Å². The van der Waals surface area contributed by atoms with Gasteiger partial charge in [0, 0.05) is 24.1 Å². The summed E-state index contributed by atoms with van der Waals surface area (Å²) in [6.07, 6.45) is -0.516. The van der Waals surface area contributed by atoms with E-state index in [0.29, 0.717) is 11.4 Å². The fourth-order valence-corrected chi connectivity index (χ4v) is 3.71. The predicted octanol–water partition coefficient (Wildman–Crippen LogP) is 4.72. The standard InChI is InChI=1S/C24H25F2NO4/c1-14(2)31-24(29)23-15(3)27(13-16-5-8-18(30-4)9-6-16)22(28)12-20(23)19-10-7-17(25)11-21(19)26/h5-11,14,20H,12-13H2,1-4H3. The number of amides is 1. The van der Waals surface area contributed by atoms with Crippen LogP contribution in [0.1, 0.15) is 44.2 Å². The molecule has 31 heavy (non-hydrogen) atoms. The van der Waals surface area contributed by atoms with Gasteiger partial charge in [0.25, 0.3) is 0 Å². The maximum Gasteiger partial charge on any atom is 0.336 e. The van der Waals surface area contributed by atoms with Gasteiger partial charge >= 0.3 is 5.97 Å². The Morgan fingerprint density at radius 3 is 2.42 bits per heavy atom. The van der Waals surface area contributed by atoms with E-state index in [1.165, 1.54) is 11.0 Å². The number of carbonyl (C=O) groups excluding carboxylic acids is 2. The minimum Gasteiger partial charge on any atom is -0.497 e. The quantitative estimate of drug-likeness (QED) is 0.624. The average Bonchev–Trinajstić information content (AvgIpc) is 2.70. The summed E-state index contributed by atoms with van der Waals surface area (Å²) in [6, 6.07) is 10.4. The molecule has 5 nitrogen and oxygen atoms in total. The van der Waals surface area contributed by atoms with E-state index in [0.717, 1.165) is 17.7 Å². The van der Waals surface area contributed by atoms with Crippen LogP contribution in [0.3, 0.4) is 0 Å². The van der Waals surface area contributed by atoms with Crippen LogP contribution >= 0.6 is 0 Å². The molecule has 164 valence electrons. The van der Waals surface area contributed by atoms with Gasteiger partial charge in [0.2, 0.25) is 5.91 Å². The van der Waals surface area contributed by atoms with Gasteiger partial charge in [-0.1, -0.05) is 18.2 Å². The van der Waals surface area contributed by atoms with E-state index in [9.17, 15) is 18.4 Å². The Kier molecular flexibility index (Phi) is 6.73. The van der Waals surface area contributed by atoms with Crippen molar-refractivity contribution in [3.63, 3.8) is 0 Å². The first kappa shape index (κ1) is 22.5. The zero-order valence-electron chi connectivity index (χ0n) is 17.9. The van der Waals surface area contributed by atoms with Crippen LogP contribution in [0.15, 0.2) is 53.7 Å². The maximum atomic E-state index is 14.6. The van der Waals surface area contributed by atoms with Crippen LogP contribution in [-0.4, -0.2) is 30.0 Å². The number of carbonyl (C=O) groups is 2. The molecule has 1 aliphatic rings. The molecule has 0 saturated carbocycles. The number of rotatable bonds is 6. The number of ether oxygens (including phenoxy) is 2. The number of hydrogen-bond donors (Lipinski definition) is 0. The lowest BCUT2D eigenvalue weighted by Gasteiger charge is -2.35. The van der Waals surface area contributed by atoms with Crippen LogP contribution in [-0.2, 0) is 20.9 Å². The molecule has 2 aromatic rings. The fourth-order valence-electron chi connectivity index (χ4n) is 3.71. The third kappa shape index (κ3) is 4.93. The summed E-state index contributed by atoms with van der Waals surface area (Å²) in [5.74, 6) is -2.57. The molecule has 2 aromatic carbocycles. The summed E-state index contributed by atoms with van der Waals surface area (Å²) in [5, 5.41) is 0. The molecule has 0 spiro atoms. The van der Waals surface area contributed by atoms with Crippen LogP contribution < -0.4 is 4.74 Å². The van der Waals surface area contributed by atoms with E-state index >= 15 is 0 Å². The van der Waals surface area contributed by atoms with Gasteiger partial charge in [-0.2, -0.15) is 0 Å². The normalized spacial score (nSPS) is 16.7. The van der Waals surface area contributed by atoms with Gasteiger partial charge in [0.15, 0.2) is 0 Å². The molecule has 0 aliphatic carbocycles. The third-order valence-electron chi connectivity index (χ3n) is 5.22. The molecule has 1 aliphatic heterocycles. The van der Waals surface area contributed by atoms with Crippen LogP contribution in [0.25, 0.3) is 0 Å². The highest BCUT2D eigenvalue weighted by atomic mass is 19.1. The van der Waals surface area contributed by atoms with Gasteiger partial charge in [0.05, 0.1) is 25.3 Å². The summed E-state index contributed by atoms with van der Waals surface area (Å²) >= 11 is 0. The number of esters is 1. The van der Waals surface area contributed by atoms with E-state index in [1.807, 2.05) is 12.1 Å². The van der Waals surface area contributed by atoms with Crippen molar-refractivity contribution in [2.45, 2.75) is 45.8 Å². The molecule has 0 fully saturated rings. The summed E-state index contributed by atoms with van der Waals surface area (Å²) in [5.41, 5.74) is 1.53. The van der Waals surface area contributed by atoms with Gasteiger partial charge in [-0.25, -0.2) is 13.6 Å². The highest BCUT2D eigenvalue weighted by molar-refractivity contribution is 5.96. The Bertz CT molecular complexity index is 1010. The minimum atomic E-state index is -0.855. The third-order valence-corrected chi connectivity index (χ3v) is 5.22. The summed E-state index contributed by atoms with van der Waals surface area (Å²) in [4.78, 5) is 27.4. The molecule has 0 radical (unpaired) electrons. The zero-order valence-corrected chi connectivity index (χ0v) is 17.9. The number of halogens is 2. The maximum absolute atomic E-state index is 14.6. The van der Waals surface area contributed by atoms with Crippen LogP contribution in [0, 0.1) is 11.6 Å². The lowest BCUT2D eigenvalue weighted by atomic mass is 9.83. The highest BCUT2D eigenvalue weighted by Gasteiger charge is 2.38. The topological polar surface area (TPSA) is 55.8 Å². The molecule has 0 saturated heterocycles. The van der Waals surface area contributed by atoms with E-state index in [1.54, 1.807) is 40.0 Å². The summed E-state index contributed by atoms with van der Waals surface area (Å²) < 4.78 is 38.5. The Balaban J connectivity index is 2.03. The SMILES string of the molecule is COc1ccc(CN2C(=O)CC(c3ccc(F)cc3F)C(C(=O)OC(C)C)=C2C)cc1. The van der Waals surface area contributed by atoms with Crippen LogP contribution in [0.4, 0.5) is 8.78 Å². The smallest absolute Gasteiger partial charge is 0.336 e. The Labute approximate surface area is 180 Å². The second-order valence-corrected chi connectivity index (χ2v) is 7.70. The predicted molar refractivity (Wildman–Crippen MR) is 111 cm³/mol. The lowest BCUT2D eigenvalue weighted by molar-refractivity contribution is -0.143. The second-order valence-electron chi connectivity index (χ2n) is 7.70. The first-order valence-corrected chi connectivity index (χ1v) is 10.0. The Hall–Kier alpha value is -3.22. The van der Waals surface area contributed by atoms with Gasteiger partial charge in [-0.3, -0.25) is 4.79 Å². The van der Waals surface area contributed by atoms with Gasteiger partial charge in [0.1, 0.15) is 17.4 Å². The van der Waals surface area contributed by atoms with E-state index in [4.69, 9.17) is 9.47 Å². The molecule has 0 bridgehead atoms. The van der Waals surface area contributed by atoms with E-state index in [-0.39, 0.29) is 36.1 Å². The van der Waals surface area contributed by atoms with Crippen molar-refractivity contribution in [1.82, 2.24) is 4.90 Å². The van der Waals surface area contributed by atoms with Crippen LogP contribution in [0.5, 0.6) is 5.75 Å². The van der Waals surface area contributed by atoms with Crippen LogP contribution in [0.2, 0.25) is 0 Å². The molecular weight excluding hydrogens is 404 g/mol. The largest absolute Gasteiger partial charge is 0.497 e. The molecule has 7 heteroatoms. The molecule has 1 atom stereocenters. The lowest BCUT2D eigenvalue weighted by Crippen LogP contribution is -2.38. The summed E-state index contributed by atoms with van der Waals surface area (Å²) in [7, 11) is 1.57. The van der Waals surface area contributed by atoms with Gasteiger partial charge < -0.3 is 14.4 Å². The molecule has 1 unspecified atom stereocenters. The Morgan fingerprint density at radius 2 is 1.84 bits per heavy atom. The van der Waals surface area contributed by atoms with Crippen molar-refractivity contribution in [1.29, 1.82) is 0 Å². The zero-order chi connectivity index (χ0) is 22.7. The van der Waals surface area contributed by atoms with Crippen molar-refractivity contribution in [2.24, 2.45) is 0 Å². The molecule has 1 amide bonds. The van der Waals surface area contributed by atoms with Crippen molar-refractivity contribution in [2.75, 3.05) is 7.11 Å². The van der Waals surface area contributed by atoms with Crippen molar-refractivity contribution < 1.29 is 27.8 Å². The molecule has 1 heterocycles. The number of methoxy groups -OCH3 is 1. The molecular formula is C24H25F2NO4.